The van der Waals surface area contributed by atoms with Gasteiger partial charge in [0.15, 0.2) is 13.6 Å². The van der Waals surface area contributed by atoms with Crippen LogP contribution in [0.5, 0.6) is 23.0 Å². The van der Waals surface area contributed by atoms with Gasteiger partial charge in [-0.1, -0.05) is 146 Å². The fraction of sp³-hybridized carbons (Fsp3) is 0.362. The summed E-state index contributed by atoms with van der Waals surface area (Å²) in [5.74, 6) is 1.98. The van der Waals surface area contributed by atoms with E-state index in [-0.39, 0.29) is 19.3 Å². The average molecular weight is 818 g/mol. The van der Waals surface area contributed by atoms with E-state index < -0.39 is 24.2 Å². The summed E-state index contributed by atoms with van der Waals surface area (Å²) in [5, 5.41) is 15.7. The number of phenolic OH excluding ortho intramolecular Hbond substituents is 1. The Morgan fingerprint density at radius 1 is 0.536 bits per heavy atom. The maximum absolute atomic E-state index is 12.5. The second kappa shape index (κ2) is 18.2. The predicted octanol–water partition coefficient (Wildman–Crippen LogP) is 11.5. The third-order valence-corrected chi connectivity index (χ3v) is 12.2. The molecule has 0 bridgehead atoms. The highest BCUT2D eigenvalue weighted by molar-refractivity contribution is 7.80. The van der Waals surface area contributed by atoms with Crippen molar-refractivity contribution in [1.82, 2.24) is 0 Å². The van der Waals surface area contributed by atoms with E-state index in [4.69, 9.17) is 46.9 Å². The molecule has 0 amide bonds. The molecule has 0 aliphatic heterocycles. The highest BCUT2D eigenvalue weighted by Crippen LogP contribution is 2.50. The smallest absolute Gasteiger partial charge is 0.189 e. The lowest BCUT2D eigenvalue weighted by Crippen LogP contribution is -2.30. The van der Waals surface area contributed by atoms with Gasteiger partial charge in [0, 0.05) is 42.6 Å². The summed E-state index contributed by atoms with van der Waals surface area (Å²) >= 11 is 14.2. The Balaban J connectivity index is 1.78. The SMILES string of the molecule is COc1cc(P(c2cc(Cl)cc(C(C)(C)C)c2OCOCc2ccccc2)c2cc(Cl)cc(C(C)(C)C)c2OCOCc2ccccc2)c(O)c(C(C)(C)C)c1. The lowest BCUT2D eigenvalue weighted by Gasteiger charge is -2.33. The number of rotatable bonds is 14. The van der Waals surface area contributed by atoms with Crippen molar-refractivity contribution in [2.75, 3.05) is 20.7 Å². The molecule has 0 radical (unpaired) electrons. The summed E-state index contributed by atoms with van der Waals surface area (Å²) in [6.07, 6.45) is 0. The van der Waals surface area contributed by atoms with Gasteiger partial charge in [0.05, 0.1) is 20.3 Å². The van der Waals surface area contributed by atoms with Crippen molar-refractivity contribution in [3.05, 3.63) is 135 Å². The molecule has 0 atom stereocenters. The first kappa shape index (κ1) is 43.4. The minimum absolute atomic E-state index is 0.0212. The van der Waals surface area contributed by atoms with Crippen LogP contribution in [-0.4, -0.2) is 25.8 Å². The first-order chi connectivity index (χ1) is 26.4. The van der Waals surface area contributed by atoms with Gasteiger partial charge in [-0.25, -0.2) is 0 Å². The predicted molar refractivity (Wildman–Crippen MR) is 233 cm³/mol. The molecule has 56 heavy (non-hydrogen) atoms. The van der Waals surface area contributed by atoms with Gasteiger partial charge in [0.25, 0.3) is 0 Å². The summed E-state index contributed by atoms with van der Waals surface area (Å²) < 4.78 is 31.6. The minimum atomic E-state index is -1.74. The molecule has 1 N–H and O–H groups in total. The van der Waals surface area contributed by atoms with E-state index in [1.807, 2.05) is 97.1 Å². The van der Waals surface area contributed by atoms with Crippen molar-refractivity contribution in [2.45, 2.75) is 91.8 Å². The molecule has 0 aliphatic carbocycles. The van der Waals surface area contributed by atoms with Crippen LogP contribution in [0, 0.1) is 0 Å². The average Bonchev–Trinajstić information content (AvgIpc) is 3.13. The topological polar surface area (TPSA) is 66.4 Å². The normalized spacial score (nSPS) is 12.2. The Kier molecular flexibility index (Phi) is 14.1. The van der Waals surface area contributed by atoms with E-state index >= 15 is 0 Å². The molecule has 0 spiro atoms. The standard InChI is InChI=1S/C47H55Cl2O6P/c1-45(2,3)36-25-35(51-10)26-39(42(36)50)56(40-23-33(48)21-37(46(4,5)6)43(40)54-29-52-27-31-17-13-11-14-18-31)41-24-34(49)22-38(47(7,8)9)44(41)55-30-53-28-32-19-15-12-16-20-32/h11-26,50H,27-30H2,1-10H3. The summed E-state index contributed by atoms with van der Waals surface area (Å²) in [6, 6.07) is 31.5. The quantitative estimate of drug-likeness (QED) is 0.0684. The van der Waals surface area contributed by atoms with Crippen molar-refractivity contribution in [3.8, 4) is 23.0 Å². The maximum atomic E-state index is 12.5. The fourth-order valence-electron chi connectivity index (χ4n) is 6.42. The number of hydrogen-bond acceptors (Lipinski definition) is 6. The van der Waals surface area contributed by atoms with Crippen LogP contribution in [-0.2, 0) is 38.9 Å². The van der Waals surface area contributed by atoms with Crippen molar-refractivity contribution in [1.29, 1.82) is 0 Å². The molecular weight excluding hydrogens is 762 g/mol. The van der Waals surface area contributed by atoms with Gasteiger partial charge in [-0.05, 0) is 71.7 Å². The molecule has 9 heteroatoms. The van der Waals surface area contributed by atoms with Crippen molar-refractivity contribution < 1.29 is 28.8 Å². The Bertz CT molecular complexity index is 1970. The molecule has 0 saturated heterocycles. The molecule has 6 nitrogen and oxygen atoms in total. The van der Waals surface area contributed by atoms with Crippen molar-refractivity contribution in [3.63, 3.8) is 0 Å². The molecule has 0 saturated carbocycles. The van der Waals surface area contributed by atoms with E-state index in [0.717, 1.165) is 38.4 Å². The Hall–Kier alpha value is -3.77. The zero-order valence-electron chi connectivity index (χ0n) is 34.3. The summed E-state index contributed by atoms with van der Waals surface area (Å²) in [7, 11) is -0.107. The number of halogens is 2. The van der Waals surface area contributed by atoms with Gasteiger partial charge in [-0.2, -0.15) is 0 Å². The molecule has 0 fully saturated rings. The zero-order chi connectivity index (χ0) is 40.8. The monoisotopic (exact) mass is 816 g/mol. The second-order valence-corrected chi connectivity index (χ2v) is 19.9. The largest absolute Gasteiger partial charge is 0.507 e. The highest BCUT2D eigenvalue weighted by Gasteiger charge is 2.36. The zero-order valence-corrected chi connectivity index (χ0v) is 36.7. The van der Waals surface area contributed by atoms with Crippen LogP contribution in [0.15, 0.2) is 97.1 Å². The number of benzene rings is 5. The van der Waals surface area contributed by atoms with E-state index in [1.54, 1.807) is 7.11 Å². The number of ether oxygens (including phenoxy) is 5. The molecule has 5 aromatic rings. The van der Waals surface area contributed by atoms with Crippen LogP contribution in [0.4, 0.5) is 0 Å². The van der Waals surface area contributed by atoms with Gasteiger partial charge < -0.3 is 28.8 Å². The van der Waals surface area contributed by atoms with Crippen LogP contribution in [0.1, 0.15) is 90.1 Å². The molecule has 298 valence electrons. The number of aromatic hydroxyl groups is 1. The van der Waals surface area contributed by atoms with E-state index in [9.17, 15) is 5.11 Å². The molecule has 0 aliphatic rings. The number of phenols is 1. The van der Waals surface area contributed by atoms with Gasteiger partial charge in [0.1, 0.15) is 23.0 Å². The maximum Gasteiger partial charge on any atom is 0.189 e. The Labute approximate surface area is 344 Å². The highest BCUT2D eigenvalue weighted by atomic mass is 35.5. The number of methoxy groups -OCH3 is 1. The van der Waals surface area contributed by atoms with E-state index in [1.165, 1.54) is 0 Å². The number of hydrogen-bond donors (Lipinski definition) is 1. The molecule has 5 aromatic carbocycles. The minimum Gasteiger partial charge on any atom is -0.507 e. The van der Waals surface area contributed by atoms with Gasteiger partial charge in [-0.3, -0.25) is 0 Å². The van der Waals surface area contributed by atoms with Crippen molar-refractivity contribution in [2.24, 2.45) is 0 Å². The van der Waals surface area contributed by atoms with Gasteiger partial charge in [0.2, 0.25) is 0 Å². The molecule has 0 unspecified atom stereocenters. The van der Waals surface area contributed by atoms with Crippen LogP contribution < -0.4 is 30.1 Å². The Morgan fingerprint density at radius 3 is 1.32 bits per heavy atom. The van der Waals surface area contributed by atoms with Gasteiger partial charge in [-0.15, -0.1) is 0 Å². The summed E-state index contributed by atoms with van der Waals surface area (Å²) in [4.78, 5) is 0. The second-order valence-electron chi connectivity index (χ2n) is 16.9. The summed E-state index contributed by atoms with van der Waals surface area (Å²) in [6.45, 7) is 19.7. The van der Waals surface area contributed by atoms with E-state index in [0.29, 0.717) is 45.8 Å². The first-order valence-corrected chi connectivity index (χ1v) is 20.9. The molecule has 0 aromatic heterocycles. The molecule has 5 rings (SSSR count). The lowest BCUT2D eigenvalue weighted by molar-refractivity contribution is 0.00472. The first-order valence-electron chi connectivity index (χ1n) is 18.8. The third kappa shape index (κ3) is 10.8. The van der Waals surface area contributed by atoms with Crippen LogP contribution >= 0.6 is 31.1 Å². The van der Waals surface area contributed by atoms with Crippen LogP contribution in [0.2, 0.25) is 10.0 Å². The van der Waals surface area contributed by atoms with E-state index in [2.05, 4.69) is 62.3 Å². The lowest BCUT2D eigenvalue weighted by atomic mass is 9.86. The molecular formula is C47H55Cl2O6P. The van der Waals surface area contributed by atoms with Crippen molar-refractivity contribution >= 4 is 47.0 Å². The van der Waals surface area contributed by atoms with Crippen LogP contribution in [0.25, 0.3) is 0 Å². The summed E-state index contributed by atoms with van der Waals surface area (Å²) in [5.41, 5.74) is 3.37. The molecule has 0 heterocycles. The fourth-order valence-corrected chi connectivity index (χ4v) is 9.69. The third-order valence-electron chi connectivity index (χ3n) is 9.31. The van der Waals surface area contributed by atoms with Gasteiger partial charge >= 0.3 is 0 Å². The Morgan fingerprint density at radius 2 is 0.946 bits per heavy atom. The van der Waals surface area contributed by atoms with Crippen LogP contribution in [0.3, 0.4) is 0 Å².